The molecule has 176 valence electrons. The van der Waals surface area contributed by atoms with Crippen LogP contribution in [0.2, 0.25) is 0 Å². The first-order valence-corrected chi connectivity index (χ1v) is 13.3. The minimum Gasteiger partial charge on any atom is -0.381 e. The molecule has 0 aromatic rings. The van der Waals surface area contributed by atoms with Gasteiger partial charge in [0.2, 0.25) is 5.91 Å². The number of piperidine rings is 1. The van der Waals surface area contributed by atoms with Gasteiger partial charge in [-0.05, 0) is 57.3 Å². The topological polar surface area (TPSA) is 70.8 Å². The van der Waals surface area contributed by atoms with Crippen LogP contribution < -0.4 is 11.1 Å². The van der Waals surface area contributed by atoms with Crippen molar-refractivity contribution in [2.75, 3.05) is 33.3 Å². The molecule has 3 N–H and O–H groups in total. The first-order valence-electron chi connectivity index (χ1n) is 12.4. The summed E-state index contributed by atoms with van der Waals surface area (Å²) in [6.45, 7) is 3.38. The summed E-state index contributed by atoms with van der Waals surface area (Å²) < 4.78 is 19.1. The molecule has 0 aromatic carbocycles. The van der Waals surface area contributed by atoms with Gasteiger partial charge in [-0.15, -0.1) is 11.8 Å². The van der Waals surface area contributed by atoms with E-state index in [1.54, 1.807) is 11.8 Å². The van der Waals surface area contributed by atoms with Crippen molar-refractivity contribution in [1.29, 1.82) is 0 Å². The Kier molecular flexibility index (Phi) is 6.82. The Hall–Kier alpha value is -0.410. The first-order chi connectivity index (χ1) is 15.0. The van der Waals surface area contributed by atoms with Crippen LogP contribution in [0.25, 0.3) is 0 Å². The number of nitrogens with zero attached hydrogens (tertiary/aromatic N) is 2. The summed E-state index contributed by atoms with van der Waals surface area (Å²) in [6.07, 6.45) is 7.58. The Morgan fingerprint density at radius 1 is 1.06 bits per heavy atom. The third kappa shape index (κ3) is 4.52. The van der Waals surface area contributed by atoms with Gasteiger partial charge in [-0.2, -0.15) is 0 Å². The highest BCUT2D eigenvalue weighted by molar-refractivity contribution is 8.01. The first kappa shape index (κ1) is 22.4. The lowest BCUT2D eigenvalue weighted by Crippen LogP contribution is -2.57. The van der Waals surface area contributed by atoms with E-state index >= 15 is 0 Å². The second-order valence-electron chi connectivity index (χ2n) is 10.4. The van der Waals surface area contributed by atoms with E-state index < -0.39 is 6.17 Å². The minimum atomic E-state index is -0.610. The molecule has 3 heterocycles. The Morgan fingerprint density at radius 3 is 2.52 bits per heavy atom. The highest BCUT2D eigenvalue weighted by atomic mass is 32.2. The van der Waals surface area contributed by atoms with Crippen LogP contribution in [0.4, 0.5) is 4.39 Å². The van der Waals surface area contributed by atoms with E-state index in [9.17, 15) is 9.18 Å². The molecule has 0 spiro atoms. The zero-order valence-corrected chi connectivity index (χ0v) is 19.6. The van der Waals surface area contributed by atoms with Gasteiger partial charge in [0.25, 0.3) is 0 Å². The minimum absolute atomic E-state index is 0.0725. The number of hydrogen-bond donors (Lipinski definition) is 2. The molecule has 7 unspecified atom stereocenters. The number of fused-ring (bicyclic) bond motifs is 2. The fourth-order valence-corrected chi connectivity index (χ4v) is 8.52. The van der Waals surface area contributed by atoms with Gasteiger partial charge in [-0.1, -0.05) is 0 Å². The van der Waals surface area contributed by atoms with Crippen LogP contribution in [0.5, 0.6) is 0 Å². The predicted molar refractivity (Wildman–Crippen MR) is 122 cm³/mol. The molecule has 31 heavy (non-hydrogen) atoms. The SMILES string of the molecule is COC1CCC2NC3SC(C(=O)N4CCN(C5CCC(F)CC5)CC4)C(N)C3CC2C1. The molecule has 6 nitrogen and oxygen atoms in total. The lowest BCUT2D eigenvalue weighted by molar-refractivity contribution is -0.133. The normalized spacial score (nSPS) is 46.4. The zero-order valence-electron chi connectivity index (χ0n) is 18.8. The summed E-state index contributed by atoms with van der Waals surface area (Å²) in [7, 11) is 1.82. The van der Waals surface area contributed by atoms with Gasteiger partial charge in [-0.3, -0.25) is 9.69 Å². The van der Waals surface area contributed by atoms with Crippen LogP contribution in [0.15, 0.2) is 0 Å². The molecule has 5 aliphatic rings. The fourth-order valence-electron chi connectivity index (χ4n) is 6.81. The number of carbonyl (C=O) groups is 1. The van der Waals surface area contributed by atoms with E-state index in [1.165, 1.54) is 0 Å². The Balaban J connectivity index is 1.15. The summed E-state index contributed by atoms with van der Waals surface area (Å²) in [4.78, 5) is 17.9. The van der Waals surface area contributed by atoms with Gasteiger partial charge in [-0.25, -0.2) is 4.39 Å². The molecule has 2 saturated carbocycles. The molecule has 1 amide bonds. The number of nitrogens with two attached hydrogens (primary N) is 1. The molecule has 2 aliphatic carbocycles. The molecule has 7 atom stereocenters. The molecule has 3 saturated heterocycles. The van der Waals surface area contributed by atoms with Crippen molar-refractivity contribution < 1.29 is 13.9 Å². The van der Waals surface area contributed by atoms with Crippen molar-refractivity contribution in [3.05, 3.63) is 0 Å². The smallest absolute Gasteiger partial charge is 0.237 e. The third-order valence-electron chi connectivity index (χ3n) is 8.76. The molecule has 5 fully saturated rings. The number of alkyl halides is 1. The van der Waals surface area contributed by atoms with Gasteiger partial charge in [0.05, 0.1) is 11.5 Å². The summed E-state index contributed by atoms with van der Waals surface area (Å²) in [5.74, 6) is 1.22. The second kappa shape index (κ2) is 9.45. The molecular formula is C23H39FN4O2S. The molecule has 0 radical (unpaired) electrons. The monoisotopic (exact) mass is 454 g/mol. The number of methoxy groups -OCH3 is 1. The van der Waals surface area contributed by atoms with Crippen LogP contribution >= 0.6 is 11.8 Å². The molecule has 3 aliphatic heterocycles. The number of ether oxygens (including phenoxy) is 1. The largest absolute Gasteiger partial charge is 0.381 e. The average molecular weight is 455 g/mol. The number of nitrogens with one attached hydrogen (secondary N) is 1. The van der Waals surface area contributed by atoms with Crippen molar-refractivity contribution in [3.63, 3.8) is 0 Å². The van der Waals surface area contributed by atoms with Crippen LogP contribution in [-0.4, -0.2) is 90.0 Å². The van der Waals surface area contributed by atoms with Crippen LogP contribution in [-0.2, 0) is 9.53 Å². The molecule has 0 aromatic heterocycles. The highest BCUT2D eigenvalue weighted by Gasteiger charge is 2.52. The van der Waals surface area contributed by atoms with Gasteiger partial charge in [0.15, 0.2) is 0 Å². The summed E-state index contributed by atoms with van der Waals surface area (Å²) >= 11 is 1.78. The summed E-state index contributed by atoms with van der Waals surface area (Å²) in [6, 6.07) is 0.972. The van der Waals surface area contributed by atoms with Crippen molar-refractivity contribution in [2.45, 2.75) is 92.4 Å². The fraction of sp³-hybridized carbons (Fsp3) is 0.957. The van der Waals surface area contributed by atoms with Gasteiger partial charge in [0, 0.05) is 57.3 Å². The average Bonchev–Trinajstić information content (AvgIpc) is 3.12. The van der Waals surface area contributed by atoms with Crippen LogP contribution in [0, 0.1) is 11.8 Å². The zero-order chi connectivity index (χ0) is 21.5. The Morgan fingerprint density at radius 2 is 1.81 bits per heavy atom. The van der Waals surface area contributed by atoms with Crippen LogP contribution in [0.3, 0.4) is 0 Å². The number of carbonyl (C=O) groups excluding carboxylic acids is 1. The lowest BCUT2D eigenvalue weighted by atomic mass is 9.73. The molecule has 5 rings (SSSR count). The van der Waals surface area contributed by atoms with Gasteiger partial charge in [0.1, 0.15) is 11.4 Å². The Bertz CT molecular complexity index is 641. The van der Waals surface area contributed by atoms with E-state index in [0.717, 1.165) is 64.7 Å². The van der Waals surface area contributed by atoms with Crippen molar-refractivity contribution in [3.8, 4) is 0 Å². The number of hydrogen-bond acceptors (Lipinski definition) is 6. The van der Waals surface area contributed by atoms with E-state index in [4.69, 9.17) is 10.5 Å². The number of amides is 1. The Labute approximate surface area is 190 Å². The number of halogens is 1. The van der Waals surface area contributed by atoms with E-state index in [-0.39, 0.29) is 17.2 Å². The number of thioether (sulfide) groups is 1. The number of rotatable bonds is 3. The van der Waals surface area contributed by atoms with E-state index in [1.807, 2.05) is 12.0 Å². The molecule has 8 heteroatoms. The second-order valence-corrected chi connectivity index (χ2v) is 11.7. The highest BCUT2D eigenvalue weighted by Crippen LogP contribution is 2.47. The quantitative estimate of drug-likeness (QED) is 0.680. The van der Waals surface area contributed by atoms with Crippen molar-refractivity contribution >= 4 is 17.7 Å². The standard InChI is InChI=1S/C23H39FN4O2S/c1-30-17-6-7-19-14(12-17)13-18-20(25)21(31-22(18)26-19)23(29)28-10-8-27(9-11-28)16-4-2-15(24)3-5-16/h14-22,26H,2-13,25H2,1H3. The van der Waals surface area contributed by atoms with E-state index in [0.29, 0.717) is 48.2 Å². The van der Waals surface area contributed by atoms with E-state index in [2.05, 4.69) is 10.2 Å². The lowest BCUT2D eigenvalue weighted by Gasteiger charge is -2.44. The maximum absolute atomic E-state index is 13.5. The van der Waals surface area contributed by atoms with Gasteiger partial charge >= 0.3 is 0 Å². The maximum Gasteiger partial charge on any atom is 0.237 e. The molecule has 0 bridgehead atoms. The van der Waals surface area contributed by atoms with Crippen molar-refractivity contribution in [2.24, 2.45) is 17.6 Å². The predicted octanol–water partition coefficient (Wildman–Crippen LogP) is 1.97. The number of piperazine rings is 1. The van der Waals surface area contributed by atoms with Crippen LogP contribution in [0.1, 0.15) is 51.4 Å². The van der Waals surface area contributed by atoms with Crippen molar-refractivity contribution in [1.82, 2.24) is 15.1 Å². The summed E-state index contributed by atoms with van der Waals surface area (Å²) in [5.41, 5.74) is 6.70. The third-order valence-corrected chi connectivity index (χ3v) is 10.3. The maximum atomic E-state index is 13.5. The summed E-state index contributed by atoms with van der Waals surface area (Å²) in [5, 5.41) is 4.03. The van der Waals surface area contributed by atoms with Gasteiger partial charge < -0.3 is 20.7 Å². The molecular weight excluding hydrogens is 415 g/mol.